The Morgan fingerprint density at radius 3 is 2.52 bits per heavy atom. The third kappa shape index (κ3) is 5.29. The number of carbonyl (C=O) groups excluding carboxylic acids is 2. The molecule has 2 rings (SSSR count). The Labute approximate surface area is 149 Å². The molecule has 0 saturated carbocycles. The summed E-state index contributed by atoms with van der Waals surface area (Å²) >= 11 is 1.19. The van der Waals surface area contributed by atoms with Gasteiger partial charge in [0.2, 0.25) is 11.8 Å². The number of thioether (sulfide) groups is 1. The lowest BCUT2D eigenvalue weighted by molar-refractivity contribution is -0.114. The Hall–Kier alpha value is -2.92. The van der Waals surface area contributed by atoms with E-state index in [1.807, 2.05) is 0 Å². The zero-order valence-electron chi connectivity index (χ0n) is 14.1. The third-order valence-corrected chi connectivity index (χ3v) is 4.06. The monoisotopic (exact) mass is 355 g/mol. The quantitative estimate of drug-likeness (QED) is 0.630. The largest absolute Gasteiger partial charge is 0.326 e. The molecule has 8 heteroatoms. The standard InChI is InChI=1S/C17H17N5O2S/c1-10-15(8-18)17(20-11(2)19-10)25-9-16(24)22-14-6-4-5-13(7-14)21-12(3)23/h4-7H,9H2,1-3H3,(H,21,23)(H,22,24). The van der Waals surface area contributed by atoms with Crippen LogP contribution in [-0.4, -0.2) is 27.5 Å². The van der Waals surface area contributed by atoms with Crippen LogP contribution < -0.4 is 10.6 Å². The van der Waals surface area contributed by atoms with Crippen molar-refractivity contribution in [3.05, 3.63) is 41.3 Å². The lowest BCUT2D eigenvalue weighted by Crippen LogP contribution is -2.15. The maximum atomic E-state index is 12.1. The van der Waals surface area contributed by atoms with Crippen LogP contribution in [0.5, 0.6) is 0 Å². The fourth-order valence-corrected chi connectivity index (χ4v) is 3.00. The van der Waals surface area contributed by atoms with Crippen molar-refractivity contribution >= 4 is 35.0 Å². The van der Waals surface area contributed by atoms with E-state index in [-0.39, 0.29) is 17.6 Å². The number of benzene rings is 1. The van der Waals surface area contributed by atoms with E-state index >= 15 is 0 Å². The van der Waals surface area contributed by atoms with Crippen molar-refractivity contribution in [2.24, 2.45) is 0 Å². The maximum absolute atomic E-state index is 12.1. The summed E-state index contributed by atoms with van der Waals surface area (Å²) < 4.78 is 0. The highest BCUT2D eigenvalue weighted by Crippen LogP contribution is 2.22. The summed E-state index contributed by atoms with van der Waals surface area (Å²) in [7, 11) is 0. The number of nitrogens with zero attached hydrogens (tertiary/aromatic N) is 3. The maximum Gasteiger partial charge on any atom is 0.234 e. The van der Waals surface area contributed by atoms with E-state index in [0.29, 0.717) is 33.5 Å². The number of rotatable bonds is 5. The van der Waals surface area contributed by atoms with Gasteiger partial charge in [-0.3, -0.25) is 9.59 Å². The topological polar surface area (TPSA) is 108 Å². The summed E-state index contributed by atoms with van der Waals surface area (Å²) in [6, 6.07) is 8.94. The highest BCUT2D eigenvalue weighted by Gasteiger charge is 2.12. The molecule has 128 valence electrons. The molecular formula is C17H17N5O2S. The Morgan fingerprint density at radius 2 is 1.88 bits per heavy atom. The van der Waals surface area contributed by atoms with Crippen LogP contribution in [0.25, 0.3) is 0 Å². The molecule has 1 aromatic carbocycles. The van der Waals surface area contributed by atoms with Gasteiger partial charge in [-0.15, -0.1) is 0 Å². The van der Waals surface area contributed by atoms with Crippen LogP contribution in [0.3, 0.4) is 0 Å². The molecule has 0 bridgehead atoms. The van der Waals surface area contributed by atoms with Gasteiger partial charge in [-0.25, -0.2) is 9.97 Å². The predicted octanol–water partition coefficient (Wildman–Crippen LogP) is 2.65. The van der Waals surface area contributed by atoms with E-state index in [9.17, 15) is 14.9 Å². The Morgan fingerprint density at radius 1 is 1.20 bits per heavy atom. The van der Waals surface area contributed by atoms with Gasteiger partial charge in [-0.05, 0) is 32.0 Å². The molecule has 25 heavy (non-hydrogen) atoms. The van der Waals surface area contributed by atoms with Crippen molar-refractivity contribution in [2.45, 2.75) is 25.8 Å². The summed E-state index contributed by atoms with van der Waals surface area (Å²) in [6.45, 7) is 4.90. The van der Waals surface area contributed by atoms with Gasteiger partial charge in [-0.2, -0.15) is 5.26 Å². The smallest absolute Gasteiger partial charge is 0.234 e. The summed E-state index contributed by atoms with van der Waals surface area (Å²) in [6.07, 6.45) is 0. The summed E-state index contributed by atoms with van der Waals surface area (Å²) in [4.78, 5) is 31.6. The minimum Gasteiger partial charge on any atom is -0.326 e. The first-order valence-electron chi connectivity index (χ1n) is 7.44. The van der Waals surface area contributed by atoms with E-state index in [1.165, 1.54) is 18.7 Å². The second kappa shape index (κ2) is 8.26. The van der Waals surface area contributed by atoms with Crippen molar-refractivity contribution in [3.63, 3.8) is 0 Å². The highest BCUT2D eigenvalue weighted by molar-refractivity contribution is 8.00. The molecule has 0 spiro atoms. The van der Waals surface area contributed by atoms with E-state index in [1.54, 1.807) is 38.1 Å². The van der Waals surface area contributed by atoms with Gasteiger partial charge in [0.1, 0.15) is 22.5 Å². The van der Waals surface area contributed by atoms with E-state index < -0.39 is 0 Å². The molecule has 0 aliphatic rings. The lowest BCUT2D eigenvalue weighted by Gasteiger charge is -2.09. The summed E-state index contributed by atoms with van der Waals surface area (Å²) in [5.74, 6) is 0.248. The average molecular weight is 355 g/mol. The van der Waals surface area contributed by atoms with Crippen molar-refractivity contribution in [3.8, 4) is 6.07 Å². The summed E-state index contributed by atoms with van der Waals surface area (Å²) in [5, 5.41) is 15.1. The molecule has 2 amide bonds. The molecule has 1 heterocycles. The van der Waals surface area contributed by atoms with E-state index in [4.69, 9.17) is 0 Å². The van der Waals surface area contributed by atoms with Crippen molar-refractivity contribution in [1.29, 1.82) is 5.26 Å². The highest BCUT2D eigenvalue weighted by atomic mass is 32.2. The zero-order chi connectivity index (χ0) is 18.4. The van der Waals surface area contributed by atoms with E-state index in [0.717, 1.165) is 0 Å². The number of nitriles is 1. The van der Waals surface area contributed by atoms with Crippen LogP contribution in [0.2, 0.25) is 0 Å². The number of nitrogens with one attached hydrogen (secondary N) is 2. The molecule has 0 fully saturated rings. The summed E-state index contributed by atoms with van der Waals surface area (Å²) in [5.41, 5.74) is 2.16. The molecule has 2 N–H and O–H groups in total. The van der Waals surface area contributed by atoms with Gasteiger partial charge in [0.25, 0.3) is 0 Å². The van der Waals surface area contributed by atoms with Crippen LogP contribution in [0.1, 0.15) is 24.0 Å². The first-order chi connectivity index (χ1) is 11.9. The molecular weight excluding hydrogens is 338 g/mol. The molecule has 0 saturated heterocycles. The number of hydrogen-bond donors (Lipinski definition) is 2. The van der Waals surface area contributed by atoms with Gasteiger partial charge >= 0.3 is 0 Å². The van der Waals surface area contributed by atoms with Gasteiger partial charge < -0.3 is 10.6 Å². The molecule has 0 radical (unpaired) electrons. The molecule has 0 atom stereocenters. The fraction of sp³-hybridized carbons (Fsp3) is 0.235. The van der Waals surface area contributed by atoms with Gasteiger partial charge in [0.15, 0.2) is 0 Å². The molecule has 1 aromatic heterocycles. The SMILES string of the molecule is CC(=O)Nc1cccc(NC(=O)CSc2nc(C)nc(C)c2C#N)c1. The number of amides is 2. The van der Waals surface area contributed by atoms with Gasteiger partial charge in [0, 0.05) is 18.3 Å². The normalized spacial score (nSPS) is 10.0. The number of hydrogen-bond acceptors (Lipinski definition) is 6. The molecule has 0 unspecified atom stereocenters. The Balaban J connectivity index is 2.02. The molecule has 7 nitrogen and oxygen atoms in total. The van der Waals surface area contributed by atoms with Crippen LogP contribution in [-0.2, 0) is 9.59 Å². The molecule has 0 aliphatic carbocycles. The molecule has 2 aromatic rings. The first-order valence-corrected chi connectivity index (χ1v) is 8.43. The van der Waals surface area contributed by atoms with Crippen molar-refractivity contribution < 1.29 is 9.59 Å². The number of aromatic nitrogens is 2. The van der Waals surface area contributed by atoms with E-state index in [2.05, 4.69) is 26.7 Å². The van der Waals surface area contributed by atoms with Crippen molar-refractivity contribution in [1.82, 2.24) is 9.97 Å². The number of carbonyl (C=O) groups is 2. The number of anilines is 2. The zero-order valence-corrected chi connectivity index (χ0v) is 14.9. The lowest BCUT2D eigenvalue weighted by atomic mass is 10.2. The minimum atomic E-state index is -0.234. The average Bonchev–Trinajstić information content (AvgIpc) is 2.52. The number of aryl methyl sites for hydroxylation is 2. The first kappa shape index (κ1) is 18.4. The van der Waals surface area contributed by atoms with Crippen LogP contribution in [0, 0.1) is 25.2 Å². The second-order valence-corrected chi connectivity index (χ2v) is 6.21. The predicted molar refractivity (Wildman–Crippen MR) is 96.3 cm³/mol. The Kier molecular flexibility index (Phi) is 6.08. The van der Waals surface area contributed by atoms with Gasteiger partial charge in [0.05, 0.1) is 11.4 Å². The second-order valence-electron chi connectivity index (χ2n) is 5.25. The Bertz CT molecular complexity index is 861. The third-order valence-electron chi connectivity index (χ3n) is 3.09. The van der Waals surface area contributed by atoms with Crippen molar-refractivity contribution in [2.75, 3.05) is 16.4 Å². The van der Waals surface area contributed by atoms with Crippen LogP contribution in [0.15, 0.2) is 29.3 Å². The van der Waals surface area contributed by atoms with Crippen LogP contribution in [0.4, 0.5) is 11.4 Å². The van der Waals surface area contributed by atoms with Gasteiger partial charge in [-0.1, -0.05) is 17.8 Å². The minimum absolute atomic E-state index is 0.106. The fourth-order valence-electron chi connectivity index (χ4n) is 2.12. The molecule has 0 aliphatic heterocycles. The van der Waals surface area contributed by atoms with Crippen LogP contribution >= 0.6 is 11.8 Å².